The molecule has 17 heavy (non-hydrogen) atoms. The van der Waals surface area contributed by atoms with Crippen molar-refractivity contribution in [3.8, 4) is 5.75 Å². The summed E-state index contributed by atoms with van der Waals surface area (Å²) in [4.78, 5) is 10.4. The zero-order valence-corrected chi connectivity index (χ0v) is 10.9. The molecule has 1 atom stereocenters. The fourth-order valence-corrected chi connectivity index (χ4v) is 1.99. The van der Waals surface area contributed by atoms with E-state index >= 15 is 0 Å². The largest absolute Gasteiger partial charge is 0.487 e. The zero-order valence-electron chi connectivity index (χ0n) is 9.36. The summed E-state index contributed by atoms with van der Waals surface area (Å²) in [6.45, 7) is 2.15. The third kappa shape index (κ3) is 3.75. The fourth-order valence-electron chi connectivity index (χ4n) is 1.41. The molecule has 0 fully saturated rings. The van der Waals surface area contributed by atoms with Crippen molar-refractivity contribution >= 4 is 28.9 Å². The Hall–Kier alpha value is -1.00. The molecular weight excluding hydrogens is 265 g/mol. The molecule has 0 amide bonds. The van der Waals surface area contributed by atoms with Crippen LogP contribution in [0.2, 0.25) is 0 Å². The van der Waals surface area contributed by atoms with Gasteiger partial charge in [0.15, 0.2) is 5.75 Å². The summed E-state index contributed by atoms with van der Waals surface area (Å²) in [5.41, 5.74) is 0.618. The molecule has 0 bridgehead atoms. The van der Waals surface area contributed by atoms with E-state index in [1.165, 1.54) is 6.07 Å². The first-order valence-corrected chi connectivity index (χ1v) is 6.18. The standard InChI is InChI=1S/C11H13Cl2NO3/c1-2-17-11-4-3-8(9(13)5-6-12)7-10(11)14(15)16/h3-4,7,9H,2,5-6H2,1H3. The molecular formula is C11H13Cl2NO3. The summed E-state index contributed by atoms with van der Waals surface area (Å²) in [5.74, 6) is 0.672. The summed E-state index contributed by atoms with van der Waals surface area (Å²) in [5, 5.41) is 10.6. The molecule has 6 heteroatoms. The molecule has 1 aromatic carbocycles. The van der Waals surface area contributed by atoms with Crippen LogP contribution in [0.4, 0.5) is 5.69 Å². The molecule has 0 aliphatic rings. The predicted octanol–water partition coefficient (Wildman–Crippen LogP) is 3.90. The number of ether oxygens (including phenoxy) is 1. The summed E-state index contributed by atoms with van der Waals surface area (Å²) < 4.78 is 5.18. The quantitative estimate of drug-likeness (QED) is 0.450. The molecule has 0 spiro atoms. The number of hydrogen-bond acceptors (Lipinski definition) is 3. The van der Waals surface area contributed by atoms with E-state index in [-0.39, 0.29) is 16.8 Å². The lowest BCUT2D eigenvalue weighted by Crippen LogP contribution is -2.00. The van der Waals surface area contributed by atoms with Crippen LogP contribution < -0.4 is 4.74 Å². The van der Waals surface area contributed by atoms with Crippen LogP contribution >= 0.6 is 23.2 Å². The van der Waals surface area contributed by atoms with Crippen molar-refractivity contribution in [3.05, 3.63) is 33.9 Å². The van der Waals surface area contributed by atoms with Crippen LogP contribution in [0.1, 0.15) is 24.3 Å². The molecule has 0 aliphatic heterocycles. The molecule has 94 valence electrons. The van der Waals surface area contributed by atoms with Gasteiger partial charge < -0.3 is 4.74 Å². The molecule has 0 radical (unpaired) electrons. The van der Waals surface area contributed by atoms with Gasteiger partial charge in [-0.05, 0) is 25.0 Å². The van der Waals surface area contributed by atoms with Crippen molar-refractivity contribution in [1.29, 1.82) is 0 Å². The lowest BCUT2D eigenvalue weighted by molar-refractivity contribution is -0.385. The second-order valence-corrected chi connectivity index (χ2v) is 4.27. The Balaban J connectivity index is 3.04. The van der Waals surface area contributed by atoms with Gasteiger partial charge in [-0.1, -0.05) is 6.07 Å². The van der Waals surface area contributed by atoms with Crippen molar-refractivity contribution in [2.24, 2.45) is 0 Å². The van der Waals surface area contributed by atoms with Crippen LogP contribution in [0.5, 0.6) is 5.75 Å². The van der Waals surface area contributed by atoms with Gasteiger partial charge in [-0.15, -0.1) is 23.2 Å². The Kier molecular flexibility index (Phi) is 5.51. The molecule has 0 aromatic heterocycles. The van der Waals surface area contributed by atoms with Gasteiger partial charge in [0.2, 0.25) is 0 Å². The minimum absolute atomic E-state index is 0.0652. The zero-order chi connectivity index (χ0) is 12.8. The van der Waals surface area contributed by atoms with E-state index in [4.69, 9.17) is 27.9 Å². The number of halogens is 2. The number of hydrogen-bond donors (Lipinski definition) is 0. The molecule has 0 heterocycles. The minimum Gasteiger partial charge on any atom is -0.487 e. The molecule has 1 rings (SSSR count). The first-order chi connectivity index (χ1) is 8.10. The van der Waals surface area contributed by atoms with Crippen LogP contribution in [0.15, 0.2) is 18.2 Å². The first-order valence-electron chi connectivity index (χ1n) is 5.21. The maximum absolute atomic E-state index is 10.9. The van der Waals surface area contributed by atoms with Gasteiger partial charge in [0.25, 0.3) is 0 Å². The number of benzene rings is 1. The van der Waals surface area contributed by atoms with Crippen LogP contribution in [0.25, 0.3) is 0 Å². The van der Waals surface area contributed by atoms with Crippen molar-refractivity contribution in [2.75, 3.05) is 12.5 Å². The average Bonchev–Trinajstić information content (AvgIpc) is 2.30. The van der Waals surface area contributed by atoms with Gasteiger partial charge in [0, 0.05) is 11.9 Å². The Morgan fingerprint density at radius 1 is 1.53 bits per heavy atom. The topological polar surface area (TPSA) is 52.4 Å². The van der Waals surface area contributed by atoms with Gasteiger partial charge in [-0.25, -0.2) is 0 Å². The van der Waals surface area contributed by atoms with E-state index in [1.54, 1.807) is 19.1 Å². The molecule has 0 saturated heterocycles. The summed E-state index contributed by atoms with van der Waals surface area (Å²) in [7, 11) is 0. The SMILES string of the molecule is CCOc1ccc(C(Cl)CCCl)cc1[N+](=O)[O-]. The predicted molar refractivity (Wildman–Crippen MR) is 68.2 cm³/mol. The highest BCUT2D eigenvalue weighted by Crippen LogP contribution is 2.33. The molecule has 0 saturated carbocycles. The third-order valence-electron chi connectivity index (χ3n) is 2.20. The maximum Gasteiger partial charge on any atom is 0.311 e. The minimum atomic E-state index is -0.473. The van der Waals surface area contributed by atoms with Gasteiger partial charge in [0.05, 0.1) is 16.9 Å². The number of nitro groups is 1. The molecule has 0 aliphatic carbocycles. The van der Waals surface area contributed by atoms with E-state index in [1.807, 2.05) is 0 Å². The van der Waals surface area contributed by atoms with Gasteiger partial charge in [-0.2, -0.15) is 0 Å². The van der Waals surface area contributed by atoms with E-state index in [9.17, 15) is 10.1 Å². The summed E-state index contributed by atoms with van der Waals surface area (Å²) >= 11 is 11.7. The van der Waals surface area contributed by atoms with Crippen LogP contribution in [0.3, 0.4) is 0 Å². The second-order valence-electron chi connectivity index (χ2n) is 3.36. The summed E-state index contributed by atoms with van der Waals surface area (Å²) in [6, 6.07) is 4.73. The Labute approximate surface area is 110 Å². The van der Waals surface area contributed by atoms with Crippen LogP contribution in [-0.2, 0) is 0 Å². The molecule has 1 aromatic rings. The highest BCUT2D eigenvalue weighted by Gasteiger charge is 2.18. The monoisotopic (exact) mass is 277 g/mol. The van der Waals surface area contributed by atoms with Gasteiger partial charge in [0.1, 0.15) is 0 Å². The third-order valence-corrected chi connectivity index (χ3v) is 2.89. The lowest BCUT2D eigenvalue weighted by atomic mass is 10.1. The van der Waals surface area contributed by atoms with Crippen molar-refractivity contribution in [1.82, 2.24) is 0 Å². The highest BCUT2D eigenvalue weighted by atomic mass is 35.5. The Morgan fingerprint density at radius 2 is 2.24 bits per heavy atom. The van der Waals surface area contributed by atoms with Crippen LogP contribution in [-0.4, -0.2) is 17.4 Å². The van der Waals surface area contributed by atoms with Crippen LogP contribution in [0, 0.1) is 10.1 Å². The van der Waals surface area contributed by atoms with Gasteiger partial charge in [-0.3, -0.25) is 10.1 Å². The van der Waals surface area contributed by atoms with Crippen molar-refractivity contribution in [3.63, 3.8) is 0 Å². The number of nitro benzene ring substituents is 1. The van der Waals surface area contributed by atoms with Crippen molar-refractivity contribution < 1.29 is 9.66 Å². The first kappa shape index (κ1) is 14.1. The van der Waals surface area contributed by atoms with E-state index in [2.05, 4.69) is 0 Å². The Bertz CT molecular complexity index is 398. The Morgan fingerprint density at radius 3 is 2.76 bits per heavy atom. The fraction of sp³-hybridized carbons (Fsp3) is 0.455. The average molecular weight is 278 g/mol. The maximum atomic E-state index is 10.9. The van der Waals surface area contributed by atoms with E-state index in [0.29, 0.717) is 24.5 Å². The molecule has 1 unspecified atom stereocenters. The van der Waals surface area contributed by atoms with E-state index in [0.717, 1.165) is 0 Å². The molecule has 4 nitrogen and oxygen atoms in total. The molecule has 0 N–H and O–H groups in total. The number of rotatable bonds is 6. The number of alkyl halides is 2. The van der Waals surface area contributed by atoms with Crippen molar-refractivity contribution in [2.45, 2.75) is 18.7 Å². The van der Waals surface area contributed by atoms with Gasteiger partial charge >= 0.3 is 5.69 Å². The second kappa shape index (κ2) is 6.67. The normalized spacial score (nSPS) is 12.2. The summed E-state index contributed by atoms with van der Waals surface area (Å²) in [6.07, 6.45) is 0.564. The van der Waals surface area contributed by atoms with E-state index < -0.39 is 4.92 Å². The lowest BCUT2D eigenvalue weighted by Gasteiger charge is -2.10. The highest BCUT2D eigenvalue weighted by molar-refractivity contribution is 6.22. The smallest absolute Gasteiger partial charge is 0.311 e. The number of nitrogens with zero attached hydrogens (tertiary/aromatic N) is 1.